The van der Waals surface area contributed by atoms with Crippen molar-refractivity contribution in [3.05, 3.63) is 72.1 Å². The van der Waals surface area contributed by atoms with Crippen molar-refractivity contribution in [2.45, 2.75) is 43.0 Å². The number of unbranched alkanes of at least 4 members (excludes halogenated alkanes) is 1. The number of allylic oxidation sites excluding steroid dienone is 2. The summed E-state index contributed by atoms with van der Waals surface area (Å²) in [6, 6.07) is 11.9. The molecule has 1 aliphatic heterocycles. The molecule has 6 nitrogen and oxygen atoms in total. The number of benzene rings is 2. The normalized spacial score (nSPS) is 18.8. The van der Waals surface area contributed by atoms with Crippen LogP contribution >= 0.6 is 0 Å². The number of nitrogens with zero attached hydrogens (tertiary/aromatic N) is 1. The molecule has 0 saturated carbocycles. The maximum absolute atomic E-state index is 13.4. The van der Waals surface area contributed by atoms with Crippen LogP contribution in [-0.4, -0.2) is 67.0 Å². The zero-order valence-electron chi connectivity index (χ0n) is 18.0. The second-order valence-electron chi connectivity index (χ2n) is 7.83. The van der Waals surface area contributed by atoms with Gasteiger partial charge in [0.2, 0.25) is 10.0 Å². The van der Waals surface area contributed by atoms with Gasteiger partial charge in [-0.05, 0) is 73.6 Å². The Hall–Kier alpha value is -1.71. The van der Waals surface area contributed by atoms with Gasteiger partial charge < -0.3 is 9.84 Å². The molecular formula is C24H29FNNaO5S. The van der Waals surface area contributed by atoms with E-state index in [0.717, 1.165) is 17.7 Å². The number of carbonyl (C=O) groups is 1. The molecule has 3 rings (SSSR count). The fraction of sp³-hybridized carbons (Fsp3) is 0.375. The first-order valence-corrected chi connectivity index (χ1v) is 12.0. The Morgan fingerprint density at radius 1 is 1.21 bits per heavy atom. The number of methoxy groups -OCH3 is 1. The van der Waals surface area contributed by atoms with Gasteiger partial charge in [-0.1, -0.05) is 24.3 Å². The van der Waals surface area contributed by atoms with Crippen LogP contribution in [0.1, 0.15) is 43.7 Å². The van der Waals surface area contributed by atoms with E-state index in [4.69, 9.17) is 9.84 Å². The molecule has 33 heavy (non-hydrogen) atoms. The van der Waals surface area contributed by atoms with Crippen LogP contribution in [0.25, 0.3) is 0 Å². The van der Waals surface area contributed by atoms with Gasteiger partial charge in [-0.15, -0.1) is 0 Å². The van der Waals surface area contributed by atoms with Crippen molar-refractivity contribution in [2.24, 2.45) is 5.92 Å². The van der Waals surface area contributed by atoms with Crippen LogP contribution in [0, 0.1) is 11.7 Å². The SMILES string of the molecule is COc1cccc(C2C(C/C=C\CCCC(=O)O)CCN2S(=O)(=O)c2ccc(F)cc2)c1.[NaH]. The first-order chi connectivity index (χ1) is 15.3. The third-order valence-electron chi connectivity index (χ3n) is 5.70. The Labute approximate surface area is 216 Å². The van der Waals surface area contributed by atoms with Gasteiger partial charge in [0.1, 0.15) is 11.6 Å². The standard InChI is InChI=1S/C24H28FNO5S.Na.H/c1-31-21-9-6-8-19(17-21)24-18(7-4-2-3-5-10-23(27)28)15-16-26(24)32(29,30)22-13-11-20(25)12-14-22;;/h2,4,6,8-9,11-14,17-18,24H,3,5,7,10,15-16H2,1H3,(H,27,28);;/b4-2-;;. The van der Waals surface area contributed by atoms with Crippen molar-refractivity contribution in [1.29, 1.82) is 0 Å². The number of sulfonamides is 1. The number of carboxylic acid groups (broad SMARTS) is 1. The monoisotopic (exact) mass is 485 g/mol. The van der Waals surface area contributed by atoms with Gasteiger partial charge in [0.05, 0.1) is 18.0 Å². The molecule has 0 aliphatic carbocycles. The zero-order valence-corrected chi connectivity index (χ0v) is 18.8. The molecule has 1 saturated heterocycles. The van der Waals surface area contributed by atoms with Gasteiger partial charge in [0, 0.05) is 13.0 Å². The predicted molar refractivity (Wildman–Crippen MR) is 127 cm³/mol. The molecular weight excluding hydrogens is 456 g/mol. The van der Waals surface area contributed by atoms with Crippen LogP contribution < -0.4 is 4.74 Å². The van der Waals surface area contributed by atoms with Gasteiger partial charge in [-0.2, -0.15) is 4.31 Å². The van der Waals surface area contributed by atoms with E-state index in [1.54, 1.807) is 7.11 Å². The fourth-order valence-electron chi connectivity index (χ4n) is 4.11. The summed E-state index contributed by atoms with van der Waals surface area (Å²) in [5.41, 5.74) is 0.844. The van der Waals surface area contributed by atoms with Crippen LogP contribution in [0.15, 0.2) is 65.6 Å². The molecule has 0 spiro atoms. The maximum atomic E-state index is 13.4. The minimum atomic E-state index is -3.82. The summed E-state index contributed by atoms with van der Waals surface area (Å²) >= 11 is 0. The summed E-state index contributed by atoms with van der Waals surface area (Å²) in [4.78, 5) is 10.7. The Balaban J connectivity index is 0.00000385. The average Bonchev–Trinajstić information content (AvgIpc) is 3.21. The molecule has 1 fully saturated rings. The number of aliphatic carboxylic acids is 1. The van der Waals surface area contributed by atoms with Gasteiger partial charge in [0.15, 0.2) is 0 Å². The summed E-state index contributed by atoms with van der Waals surface area (Å²) in [5.74, 6) is -0.598. The van der Waals surface area contributed by atoms with E-state index in [1.165, 1.54) is 16.4 Å². The average molecular weight is 486 g/mol. The van der Waals surface area contributed by atoms with Crippen LogP contribution in [0.2, 0.25) is 0 Å². The third kappa shape index (κ3) is 7.13. The molecule has 1 heterocycles. The number of halogens is 1. The summed E-state index contributed by atoms with van der Waals surface area (Å²) in [6.45, 7) is 0.360. The Morgan fingerprint density at radius 3 is 2.61 bits per heavy atom. The van der Waals surface area contributed by atoms with Crippen molar-refractivity contribution < 1.29 is 27.4 Å². The molecule has 2 unspecified atom stereocenters. The summed E-state index contributed by atoms with van der Waals surface area (Å²) < 4.78 is 47.0. The minimum absolute atomic E-state index is 0. The van der Waals surface area contributed by atoms with Crippen LogP contribution in [0.4, 0.5) is 4.39 Å². The van der Waals surface area contributed by atoms with Crippen molar-refractivity contribution in [3.8, 4) is 5.75 Å². The number of carboxylic acids is 1. The fourth-order valence-corrected chi connectivity index (χ4v) is 5.80. The molecule has 174 valence electrons. The Morgan fingerprint density at radius 2 is 1.94 bits per heavy atom. The predicted octanol–water partition coefficient (Wildman–Crippen LogP) is 4.14. The summed E-state index contributed by atoms with van der Waals surface area (Å²) in [5, 5.41) is 8.74. The van der Waals surface area contributed by atoms with E-state index in [0.29, 0.717) is 38.0 Å². The van der Waals surface area contributed by atoms with Gasteiger partial charge in [-0.25, -0.2) is 12.8 Å². The van der Waals surface area contributed by atoms with Crippen molar-refractivity contribution >= 4 is 45.5 Å². The van der Waals surface area contributed by atoms with E-state index in [9.17, 15) is 17.6 Å². The number of ether oxygens (including phenoxy) is 1. The Kier molecular flexibility index (Phi) is 10.6. The summed E-state index contributed by atoms with van der Waals surface area (Å²) in [6.07, 6.45) is 6.69. The van der Waals surface area contributed by atoms with Crippen molar-refractivity contribution in [2.75, 3.05) is 13.7 Å². The van der Waals surface area contributed by atoms with E-state index in [-0.39, 0.29) is 52.8 Å². The van der Waals surface area contributed by atoms with Gasteiger partial charge in [0.25, 0.3) is 0 Å². The number of hydrogen-bond donors (Lipinski definition) is 1. The molecule has 1 aliphatic rings. The Bertz CT molecular complexity index is 1060. The zero-order chi connectivity index (χ0) is 23.1. The van der Waals surface area contributed by atoms with Crippen LogP contribution in [0.5, 0.6) is 5.75 Å². The van der Waals surface area contributed by atoms with Crippen LogP contribution in [-0.2, 0) is 14.8 Å². The summed E-state index contributed by atoms with van der Waals surface area (Å²) in [7, 11) is -2.25. The van der Waals surface area contributed by atoms with Crippen molar-refractivity contribution in [3.63, 3.8) is 0 Å². The van der Waals surface area contributed by atoms with Gasteiger partial charge >= 0.3 is 35.5 Å². The first kappa shape index (κ1) is 27.5. The second kappa shape index (κ2) is 12.7. The van der Waals surface area contributed by atoms with Crippen molar-refractivity contribution in [1.82, 2.24) is 4.31 Å². The molecule has 0 amide bonds. The quantitative estimate of drug-likeness (QED) is 0.311. The molecule has 1 N–H and O–H groups in total. The molecule has 2 atom stereocenters. The van der Waals surface area contributed by atoms with Gasteiger partial charge in [-0.3, -0.25) is 4.79 Å². The number of rotatable bonds is 10. The van der Waals surface area contributed by atoms with Crippen LogP contribution in [0.3, 0.4) is 0 Å². The molecule has 0 radical (unpaired) electrons. The molecule has 2 aromatic rings. The van der Waals surface area contributed by atoms with E-state index < -0.39 is 21.8 Å². The molecule has 2 aromatic carbocycles. The van der Waals surface area contributed by atoms with E-state index in [2.05, 4.69) is 0 Å². The molecule has 0 bridgehead atoms. The topological polar surface area (TPSA) is 83.9 Å². The first-order valence-electron chi connectivity index (χ1n) is 10.6. The second-order valence-corrected chi connectivity index (χ2v) is 9.72. The molecule has 0 aromatic heterocycles. The third-order valence-corrected chi connectivity index (χ3v) is 7.59. The van der Waals surface area contributed by atoms with E-state index in [1.807, 2.05) is 36.4 Å². The molecule has 9 heteroatoms. The number of hydrogen-bond acceptors (Lipinski definition) is 4. The van der Waals surface area contributed by atoms with E-state index >= 15 is 0 Å².